The minimum absolute atomic E-state index is 0.0416. The predicted octanol–water partition coefficient (Wildman–Crippen LogP) is 3.12. The van der Waals surface area contributed by atoms with E-state index < -0.39 is 0 Å². The number of aromatic nitrogens is 1. The number of hydrogen-bond donors (Lipinski definition) is 0. The maximum Gasteiger partial charge on any atom is 0.262 e. The Morgan fingerprint density at radius 2 is 1.97 bits per heavy atom. The van der Waals surface area contributed by atoms with Crippen molar-refractivity contribution in [2.75, 3.05) is 45.9 Å². The molecule has 2 aliphatic heterocycles. The van der Waals surface area contributed by atoms with Gasteiger partial charge < -0.3 is 14.2 Å². The summed E-state index contributed by atoms with van der Waals surface area (Å²) < 4.78 is 7.52. The lowest BCUT2D eigenvalue weighted by Gasteiger charge is -2.32. The van der Waals surface area contributed by atoms with Crippen LogP contribution in [0.5, 0.6) is 0 Å². The largest absolute Gasteiger partial charge is 0.379 e. The van der Waals surface area contributed by atoms with E-state index in [0.29, 0.717) is 13.0 Å². The van der Waals surface area contributed by atoms with Crippen molar-refractivity contribution >= 4 is 28.9 Å². The Morgan fingerprint density at radius 3 is 2.66 bits per heavy atom. The molecule has 9 heteroatoms. The molecule has 4 heterocycles. The Morgan fingerprint density at radius 1 is 1.17 bits per heavy atom. The molecule has 1 saturated carbocycles. The molecule has 0 N–H and O–H groups in total. The molecular weight excluding hydrogens is 462 g/mol. The average molecular weight is 498 g/mol. The van der Waals surface area contributed by atoms with Crippen LogP contribution in [-0.4, -0.2) is 82.8 Å². The molecule has 8 nitrogen and oxygen atoms in total. The summed E-state index contributed by atoms with van der Waals surface area (Å²) in [5, 5.41) is 8.47. The van der Waals surface area contributed by atoms with E-state index in [9.17, 15) is 9.59 Å². The molecule has 5 rings (SSSR count). The first kappa shape index (κ1) is 24.2. The number of hydrazone groups is 1. The molecule has 2 amide bonds. The Kier molecular flexibility index (Phi) is 7.65. The number of carbonyl (C=O) groups is 2. The topological polar surface area (TPSA) is 70.4 Å². The van der Waals surface area contributed by atoms with Crippen molar-refractivity contribution in [3.8, 4) is 0 Å². The molecule has 188 valence electrons. The molecule has 0 radical (unpaired) electrons. The SMILES string of the molecule is Cn1cccc1C1CC(c2cccs2)=NN1C(=O)CN(CCN1CCOCC1)C(=O)C1CCCC1. The summed E-state index contributed by atoms with van der Waals surface area (Å²) >= 11 is 1.64. The molecule has 2 aromatic rings. The van der Waals surface area contributed by atoms with E-state index in [1.54, 1.807) is 21.2 Å². The summed E-state index contributed by atoms with van der Waals surface area (Å²) in [4.78, 5) is 32.4. The third-order valence-corrected chi connectivity index (χ3v) is 8.35. The molecule has 1 saturated heterocycles. The van der Waals surface area contributed by atoms with Gasteiger partial charge in [-0.15, -0.1) is 11.3 Å². The van der Waals surface area contributed by atoms with Gasteiger partial charge in [-0.05, 0) is 36.4 Å². The van der Waals surface area contributed by atoms with Crippen LogP contribution in [0.3, 0.4) is 0 Å². The van der Waals surface area contributed by atoms with Gasteiger partial charge in [-0.25, -0.2) is 5.01 Å². The van der Waals surface area contributed by atoms with Gasteiger partial charge in [-0.2, -0.15) is 5.10 Å². The number of aryl methyl sites for hydroxylation is 1. The fraction of sp³-hybridized carbons (Fsp3) is 0.577. The number of morpholine rings is 1. The van der Waals surface area contributed by atoms with E-state index in [2.05, 4.69) is 21.6 Å². The van der Waals surface area contributed by atoms with Crippen molar-refractivity contribution in [2.45, 2.75) is 38.1 Å². The van der Waals surface area contributed by atoms with Crippen LogP contribution in [0.15, 0.2) is 40.9 Å². The molecular formula is C26H35N5O3S. The predicted molar refractivity (Wildman–Crippen MR) is 136 cm³/mol. The number of hydrogen-bond acceptors (Lipinski definition) is 6. The van der Waals surface area contributed by atoms with Crippen molar-refractivity contribution in [2.24, 2.45) is 18.1 Å². The summed E-state index contributed by atoms with van der Waals surface area (Å²) in [5.74, 6) is 0.0529. The molecule has 0 aromatic carbocycles. The standard InChI is InChI=1S/C26H35N5O3S/c1-28-10-4-8-22(28)23-18-21(24-9-5-17-35-24)27-31(23)25(32)19-30(26(33)20-6-2-3-7-20)12-11-29-13-15-34-16-14-29/h4-5,8-10,17,20,23H,2-3,6-7,11-16,18-19H2,1H3. The summed E-state index contributed by atoms with van der Waals surface area (Å²) in [7, 11) is 2.00. The minimum Gasteiger partial charge on any atom is -0.379 e. The van der Waals surface area contributed by atoms with Crippen LogP contribution in [0, 0.1) is 5.92 Å². The second-order valence-corrected chi connectivity index (χ2v) is 10.7. The first-order chi connectivity index (χ1) is 17.1. The first-order valence-corrected chi connectivity index (χ1v) is 13.6. The average Bonchev–Trinajstić information content (AvgIpc) is 3.68. The Bertz CT molecular complexity index is 1040. The third kappa shape index (κ3) is 5.52. The lowest BCUT2D eigenvalue weighted by molar-refractivity contribution is -0.144. The number of nitrogens with zero attached hydrogens (tertiary/aromatic N) is 5. The number of thiophene rings is 1. The molecule has 35 heavy (non-hydrogen) atoms. The van der Waals surface area contributed by atoms with Gasteiger partial charge in [0, 0.05) is 57.5 Å². The van der Waals surface area contributed by atoms with Gasteiger partial charge in [-0.1, -0.05) is 18.9 Å². The van der Waals surface area contributed by atoms with Gasteiger partial charge in [0.25, 0.3) is 5.91 Å². The lowest BCUT2D eigenvalue weighted by Crippen LogP contribution is -2.48. The van der Waals surface area contributed by atoms with Gasteiger partial charge >= 0.3 is 0 Å². The highest BCUT2D eigenvalue weighted by molar-refractivity contribution is 7.12. The number of carbonyl (C=O) groups excluding carboxylic acids is 2. The van der Waals surface area contributed by atoms with Crippen molar-refractivity contribution in [1.82, 2.24) is 19.4 Å². The highest BCUT2D eigenvalue weighted by atomic mass is 32.1. The summed E-state index contributed by atoms with van der Waals surface area (Å²) in [5.41, 5.74) is 1.98. The van der Waals surface area contributed by atoms with Crippen LogP contribution in [0.2, 0.25) is 0 Å². The number of ether oxygens (including phenoxy) is 1. The quantitative estimate of drug-likeness (QED) is 0.562. The first-order valence-electron chi connectivity index (χ1n) is 12.7. The summed E-state index contributed by atoms with van der Waals surface area (Å²) in [6.45, 7) is 4.59. The van der Waals surface area contributed by atoms with Gasteiger partial charge in [0.2, 0.25) is 5.91 Å². The minimum atomic E-state index is -0.165. The van der Waals surface area contributed by atoms with Crippen molar-refractivity contribution in [1.29, 1.82) is 0 Å². The number of amides is 2. The van der Waals surface area contributed by atoms with E-state index in [1.165, 1.54) is 0 Å². The van der Waals surface area contributed by atoms with Crippen molar-refractivity contribution in [3.05, 3.63) is 46.4 Å². The molecule has 3 aliphatic rings. The number of rotatable bonds is 8. The van der Waals surface area contributed by atoms with Crippen LogP contribution < -0.4 is 0 Å². The van der Waals surface area contributed by atoms with Gasteiger partial charge in [-0.3, -0.25) is 14.5 Å². The van der Waals surface area contributed by atoms with Crippen molar-refractivity contribution in [3.63, 3.8) is 0 Å². The molecule has 0 spiro atoms. The lowest BCUT2D eigenvalue weighted by atomic mass is 10.1. The second-order valence-electron chi connectivity index (χ2n) is 9.72. The zero-order chi connectivity index (χ0) is 24.2. The van der Waals surface area contributed by atoms with Crippen molar-refractivity contribution < 1.29 is 14.3 Å². The Labute approximate surface area is 211 Å². The molecule has 0 bridgehead atoms. The second kappa shape index (κ2) is 11.1. The third-order valence-electron chi connectivity index (χ3n) is 7.43. The molecule has 2 aromatic heterocycles. The van der Waals surface area contributed by atoms with Gasteiger partial charge in [0.15, 0.2) is 0 Å². The zero-order valence-corrected chi connectivity index (χ0v) is 21.3. The Hall–Kier alpha value is -2.49. The summed E-state index contributed by atoms with van der Waals surface area (Å²) in [6, 6.07) is 7.95. The zero-order valence-electron chi connectivity index (χ0n) is 20.5. The van der Waals surface area contributed by atoms with Crippen LogP contribution in [-0.2, 0) is 21.4 Å². The smallest absolute Gasteiger partial charge is 0.262 e. The molecule has 1 unspecified atom stereocenters. The highest BCUT2D eigenvalue weighted by Gasteiger charge is 2.37. The molecule has 1 aliphatic carbocycles. The van der Waals surface area contributed by atoms with E-state index in [1.807, 2.05) is 30.8 Å². The van der Waals surface area contributed by atoms with E-state index in [-0.39, 0.29) is 30.3 Å². The van der Waals surface area contributed by atoms with Gasteiger partial charge in [0.05, 0.1) is 23.8 Å². The maximum atomic E-state index is 13.7. The van der Waals surface area contributed by atoms with Crippen LogP contribution >= 0.6 is 11.3 Å². The summed E-state index contributed by atoms with van der Waals surface area (Å²) in [6.07, 6.45) is 6.72. The molecule has 1 atom stereocenters. The molecule has 2 fully saturated rings. The van der Waals surface area contributed by atoms with Crippen LogP contribution in [0.4, 0.5) is 0 Å². The monoisotopic (exact) mass is 497 g/mol. The highest BCUT2D eigenvalue weighted by Crippen LogP contribution is 2.34. The maximum absolute atomic E-state index is 13.7. The van der Waals surface area contributed by atoms with E-state index in [0.717, 1.165) is 74.8 Å². The van der Waals surface area contributed by atoms with E-state index >= 15 is 0 Å². The fourth-order valence-electron chi connectivity index (χ4n) is 5.40. The fourth-order valence-corrected chi connectivity index (χ4v) is 6.12. The van der Waals surface area contributed by atoms with E-state index in [4.69, 9.17) is 9.84 Å². The normalized spacial score (nSPS) is 21.5. The van der Waals surface area contributed by atoms with Crippen LogP contribution in [0.25, 0.3) is 0 Å². The van der Waals surface area contributed by atoms with Crippen LogP contribution in [0.1, 0.15) is 48.7 Å². The van der Waals surface area contributed by atoms with Gasteiger partial charge in [0.1, 0.15) is 12.6 Å². The Balaban J connectivity index is 1.34.